The smallest absolute Gasteiger partial charge is 0.224 e. The molecule has 1 saturated heterocycles. The Morgan fingerprint density at radius 2 is 2.20 bits per heavy atom. The molecule has 1 N–H and O–H groups in total. The molecule has 0 bridgehead atoms. The van der Waals surface area contributed by atoms with E-state index < -0.39 is 0 Å². The highest BCUT2D eigenvalue weighted by atomic mass is 19.1. The predicted molar refractivity (Wildman–Crippen MR) is 77.6 cm³/mol. The zero-order valence-electron chi connectivity index (χ0n) is 12.2. The van der Waals surface area contributed by atoms with E-state index in [0.29, 0.717) is 17.7 Å². The molecule has 0 spiro atoms. The standard InChI is InChI=1S/C14H23FN4O/c1-3-6-16-14-17-9-12(15)13(18-14)19(2)10-11-4-7-20-8-5-11/h9,11H,3-8,10H2,1-2H3,(H,16,17,18). The highest BCUT2D eigenvalue weighted by Gasteiger charge is 2.19. The van der Waals surface area contributed by atoms with Crippen molar-refractivity contribution in [3.8, 4) is 0 Å². The van der Waals surface area contributed by atoms with E-state index in [0.717, 1.165) is 45.6 Å². The summed E-state index contributed by atoms with van der Waals surface area (Å²) >= 11 is 0. The molecule has 0 unspecified atom stereocenters. The average Bonchev–Trinajstić information content (AvgIpc) is 2.47. The third-order valence-corrected chi connectivity index (χ3v) is 3.49. The van der Waals surface area contributed by atoms with Gasteiger partial charge in [0.1, 0.15) is 0 Å². The van der Waals surface area contributed by atoms with Gasteiger partial charge in [-0.25, -0.2) is 9.37 Å². The lowest BCUT2D eigenvalue weighted by Crippen LogP contribution is -2.30. The van der Waals surface area contributed by atoms with Gasteiger partial charge in [0.15, 0.2) is 11.6 Å². The molecule has 1 aliphatic rings. The molecular weight excluding hydrogens is 259 g/mol. The van der Waals surface area contributed by atoms with Crippen LogP contribution in [0.4, 0.5) is 16.2 Å². The Hall–Kier alpha value is -1.43. The van der Waals surface area contributed by atoms with Gasteiger partial charge in [-0.1, -0.05) is 6.92 Å². The zero-order valence-corrected chi connectivity index (χ0v) is 12.2. The van der Waals surface area contributed by atoms with E-state index >= 15 is 0 Å². The normalized spacial score (nSPS) is 16.1. The van der Waals surface area contributed by atoms with E-state index in [4.69, 9.17) is 4.74 Å². The molecule has 0 atom stereocenters. The monoisotopic (exact) mass is 282 g/mol. The molecule has 112 valence electrons. The lowest BCUT2D eigenvalue weighted by atomic mass is 10.00. The summed E-state index contributed by atoms with van der Waals surface area (Å²) in [6, 6.07) is 0. The van der Waals surface area contributed by atoms with Crippen LogP contribution in [-0.4, -0.2) is 43.3 Å². The molecule has 0 saturated carbocycles. The lowest BCUT2D eigenvalue weighted by molar-refractivity contribution is 0.0684. The van der Waals surface area contributed by atoms with Crippen LogP contribution in [0.15, 0.2) is 6.20 Å². The van der Waals surface area contributed by atoms with Crippen LogP contribution in [0, 0.1) is 11.7 Å². The second kappa shape index (κ2) is 7.38. The fourth-order valence-corrected chi connectivity index (χ4v) is 2.35. The van der Waals surface area contributed by atoms with Crippen molar-refractivity contribution < 1.29 is 9.13 Å². The van der Waals surface area contributed by atoms with Crippen molar-refractivity contribution in [2.75, 3.05) is 43.6 Å². The number of nitrogens with zero attached hydrogens (tertiary/aromatic N) is 3. The molecule has 20 heavy (non-hydrogen) atoms. The summed E-state index contributed by atoms with van der Waals surface area (Å²) < 4.78 is 19.2. The van der Waals surface area contributed by atoms with Gasteiger partial charge in [0, 0.05) is 33.4 Å². The number of nitrogens with one attached hydrogen (secondary N) is 1. The van der Waals surface area contributed by atoms with Crippen molar-refractivity contribution in [1.82, 2.24) is 9.97 Å². The average molecular weight is 282 g/mol. The first kappa shape index (κ1) is 15.0. The molecule has 1 aromatic heterocycles. The van der Waals surface area contributed by atoms with Gasteiger partial charge in [-0.05, 0) is 25.2 Å². The first-order chi connectivity index (χ1) is 9.70. The van der Waals surface area contributed by atoms with Gasteiger partial charge in [-0.2, -0.15) is 4.98 Å². The minimum absolute atomic E-state index is 0.366. The molecule has 5 nitrogen and oxygen atoms in total. The van der Waals surface area contributed by atoms with Crippen LogP contribution in [0.5, 0.6) is 0 Å². The van der Waals surface area contributed by atoms with E-state index in [-0.39, 0.29) is 5.82 Å². The number of halogens is 1. The van der Waals surface area contributed by atoms with Gasteiger partial charge in [0.25, 0.3) is 0 Å². The van der Waals surface area contributed by atoms with Gasteiger partial charge in [0.2, 0.25) is 5.95 Å². The Kier molecular flexibility index (Phi) is 5.52. The summed E-state index contributed by atoms with van der Waals surface area (Å²) in [6.07, 6.45) is 4.27. The first-order valence-corrected chi connectivity index (χ1v) is 7.26. The molecule has 2 rings (SSSR count). The Bertz CT molecular complexity index is 424. The maximum absolute atomic E-state index is 13.9. The Labute approximate surface area is 119 Å². The third kappa shape index (κ3) is 4.03. The molecule has 1 fully saturated rings. The quantitative estimate of drug-likeness (QED) is 0.867. The number of hydrogen-bond donors (Lipinski definition) is 1. The molecular formula is C14H23FN4O. The van der Waals surface area contributed by atoms with Crippen molar-refractivity contribution in [1.29, 1.82) is 0 Å². The molecule has 0 amide bonds. The molecule has 0 aromatic carbocycles. The summed E-state index contributed by atoms with van der Waals surface area (Å²) in [5.41, 5.74) is 0. The summed E-state index contributed by atoms with van der Waals surface area (Å²) in [6.45, 7) is 5.25. The predicted octanol–water partition coefficient (Wildman–Crippen LogP) is 2.30. The highest BCUT2D eigenvalue weighted by Crippen LogP contribution is 2.21. The molecule has 1 aromatic rings. The Balaban J connectivity index is 2.01. The van der Waals surface area contributed by atoms with Crippen molar-refractivity contribution in [3.63, 3.8) is 0 Å². The van der Waals surface area contributed by atoms with Gasteiger partial charge >= 0.3 is 0 Å². The van der Waals surface area contributed by atoms with E-state index in [1.165, 1.54) is 6.20 Å². The SMILES string of the molecule is CCCNc1ncc(F)c(N(C)CC2CCOCC2)n1. The van der Waals surface area contributed by atoms with Crippen LogP contribution in [0.1, 0.15) is 26.2 Å². The van der Waals surface area contributed by atoms with E-state index in [2.05, 4.69) is 22.2 Å². The Morgan fingerprint density at radius 3 is 2.90 bits per heavy atom. The van der Waals surface area contributed by atoms with E-state index in [9.17, 15) is 4.39 Å². The number of rotatable bonds is 6. The van der Waals surface area contributed by atoms with Crippen molar-refractivity contribution in [2.45, 2.75) is 26.2 Å². The summed E-state index contributed by atoms with van der Waals surface area (Å²) in [5.74, 6) is 1.02. The van der Waals surface area contributed by atoms with E-state index in [1.54, 1.807) is 0 Å². The summed E-state index contributed by atoms with van der Waals surface area (Å²) in [7, 11) is 1.88. The number of anilines is 2. The highest BCUT2D eigenvalue weighted by molar-refractivity contribution is 5.43. The van der Waals surface area contributed by atoms with E-state index in [1.807, 2.05) is 11.9 Å². The lowest BCUT2D eigenvalue weighted by Gasteiger charge is -2.28. The number of ether oxygens (including phenoxy) is 1. The minimum atomic E-state index is -0.374. The summed E-state index contributed by atoms with van der Waals surface area (Å²) in [4.78, 5) is 10.1. The van der Waals surface area contributed by atoms with Crippen LogP contribution < -0.4 is 10.2 Å². The largest absolute Gasteiger partial charge is 0.381 e. The van der Waals surface area contributed by atoms with Crippen LogP contribution in [0.25, 0.3) is 0 Å². The molecule has 0 aliphatic carbocycles. The van der Waals surface area contributed by atoms with Crippen LogP contribution >= 0.6 is 0 Å². The van der Waals surface area contributed by atoms with Crippen LogP contribution in [0.2, 0.25) is 0 Å². The van der Waals surface area contributed by atoms with Crippen LogP contribution in [-0.2, 0) is 4.74 Å². The van der Waals surface area contributed by atoms with Gasteiger partial charge in [-0.15, -0.1) is 0 Å². The fourth-order valence-electron chi connectivity index (χ4n) is 2.35. The van der Waals surface area contributed by atoms with Crippen molar-refractivity contribution in [2.24, 2.45) is 5.92 Å². The second-order valence-electron chi connectivity index (χ2n) is 5.23. The molecule has 1 aliphatic heterocycles. The topological polar surface area (TPSA) is 50.3 Å². The molecule has 2 heterocycles. The molecule has 0 radical (unpaired) electrons. The summed E-state index contributed by atoms with van der Waals surface area (Å²) in [5, 5.41) is 3.08. The van der Waals surface area contributed by atoms with Crippen molar-refractivity contribution >= 4 is 11.8 Å². The van der Waals surface area contributed by atoms with Crippen LogP contribution in [0.3, 0.4) is 0 Å². The first-order valence-electron chi connectivity index (χ1n) is 7.26. The maximum Gasteiger partial charge on any atom is 0.224 e. The van der Waals surface area contributed by atoms with Gasteiger partial charge < -0.3 is 15.0 Å². The fraction of sp³-hybridized carbons (Fsp3) is 0.714. The molecule has 6 heteroatoms. The Morgan fingerprint density at radius 1 is 1.45 bits per heavy atom. The van der Waals surface area contributed by atoms with Gasteiger partial charge in [-0.3, -0.25) is 0 Å². The maximum atomic E-state index is 13.9. The zero-order chi connectivity index (χ0) is 14.4. The minimum Gasteiger partial charge on any atom is -0.381 e. The van der Waals surface area contributed by atoms with Gasteiger partial charge in [0.05, 0.1) is 6.20 Å². The number of hydrogen-bond acceptors (Lipinski definition) is 5. The van der Waals surface area contributed by atoms with Crippen molar-refractivity contribution in [3.05, 3.63) is 12.0 Å². The second-order valence-corrected chi connectivity index (χ2v) is 5.23. The number of aromatic nitrogens is 2. The third-order valence-electron chi connectivity index (χ3n) is 3.49.